The number of hydrogen-bond acceptors (Lipinski definition) is 2. The van der Waals surface area contributed by atoms with Crippen LogP contribution in [0.15, 0.2) is 59.7 Å². The first kappa shape index (κ1) is 18.2. The molecule has 1 heterocycles. The van der Waals surface area contributed by atoms with Gasteiger partial charge in [-0.2, -0.15) is 5.10 Å². The van der Waals surface area contributed by atoms with Crippen molar-refractivity contribution in [1.29, 1.82) is 0 Å². The van der Waals surface area contributed by atoms with Gasteiger partial charge in [0, 0.05) is 27.7 Å². The fourth-order valence-corrected chi connectivity index (χ4v) is 3.28. The SMILES string of the molecule is Cc1cc(/C=N/NC(=O)c2ccc(Cl)cc2Cl)c(C)n1-c1ccccc1. The lowest BCUT2D eigenvalue weighted by Gasteiger charge is -2.09. The molecular formula is C20H17Cl2N3O. The minimum atomic E-state index is -0.389. The van der Waals surface area contributed by atoms with Crippen molar-refractivity contribution in [3.63, 3.8) is 0 Å². The van der Waals surface area contributed by atoms with Gasteiger partial charge in [-0.25, -0.2) is 5.43 Å². The summed E-state index contributed by atoms with van der Waals surface area (Å²) in [5.41, 5.74) is 6.95. The van der Waals surface area contributed by atoms with Crippen molar-refractivity contribution in [2.24, 2.45) is 5.10 Å². The zero-order chi connectivity index (χ0) is 18.7. The second kappa shape index (κ2) is 7.77. The maximum absolute atomic E-state index is 12.2. The lowest BCUT2D eigenvalue weighted by Crippen LogP contribution is -2.18. The van der Waals surface area contributed by atoms with Gasteiger partial charge in [0.25, 0.3) is 5.91 Å². The van der Waals surface area contributed by atoms with Gasteiger partial charge in [-0.3, -0.25) is 4.79 Å². The van der Waals surface area contributed by atoms with Crippen molar-refractivity contribution < 1.29 is 4.79 Å². The molecule has 2 aromatic carbocycles. The Balaban J connectivity index is 1.78. The zero-order valence-corrected chi connectivity index (χ0v) is 15.8. The van der Waals surface area contributed by atoms with E-state index in [1.807, 2.05) is 50.2 Å². The smallest absolute Gasteiger partial charge is 0.272 e. The Morgan fingerprint density at radius 2 is 1.81 bits per heavy atom. The highest BCUT2D eigenvalue weighted by atomic mass is 35.5. The Labute approximate surface area is 162 Å². The van der Waals surface area contributed by atoms with Gasteiger partial charge >= 0.3 is 0 Å². The van der Waals surface area contributed by atoms with Crippen molar-refractivity contribution in [3.05, 3.63) is 87.2 Å². The molecule has 0 atom stereocenters. The van der Waals surface area contributed by atoms with Gasteiger partial charge in [-0.15, -0.1) is 0 Å². The summed E-state index contributed by atoms with van der Waals surface area (Å²) in [6, 6.07) is 16.8. The van der Waals surface area contributed by atoms with Crippen LogP contribution < -0.4 is 5.43 Å². The first-order chi connectivity index (χ1) is 12.5. The number of para-hydroxylation sites is 1. The predicted molar refractivity (Wildman–Crippen MR) is 107 cm³/mol. The Kier molecular flexibility index (Phi) is 5.45. The van der Waals surface area contributed by atoms with Crippen molar-refractivity contribution in [3.8, 4) is 5.69 Å². The number of hydrogen-bond donors (Lipinski definition) is 1. The van der Waals surface area contributed by atoms with E-state index < -0.39 is 0 Å². The summed E-state index contributed by atoms with van der Waals surface area (Å²) in [6.07, 6.45) is 1.63. The first-order valence-corrected chi connectivity index (χ1v) is 8.76. The number of hydrazone groups is 1. The summed E-state index contributed by atoms with van der Waals surface area (Å²) in [5.74, 6) is -0.389. The first-order valence-electron chi connectivity index (χ1n) is 8.00. The normalized spacial score (nSPS) is 11.1. The number of carbonyl (C=O) groups excluding carboxylic acids is 1. The van der Waals surface area contributed by atoms with E-state index in [0.717, 1.165) is 22.6 Å². The molecule has 6 heteroatoms. The van der Waals surface area contributed by atoms with Crippen LogP contribution in [0.3, 0.4) is 0 Å². The number of aryl methyl sites for hydroxylation is 1. The molecule has 0 fully saturated rings. The van der Waals surface area contributed by atoms with E-state index in [1.54, 1.807) is 18.3 Å². The molecule has 1 aromatic heterocycles. The summed E-state index contributed by atoms with van der Waals surface area (Å²) < 4.78 is 2.14. The molecule has 1 amide bonds. The third kappa shape index (κ3) is 3.82. The molecule has 0 saturated heterocycles. The second-order valence-electron chi connectivity index (χ2n) is 5.82. The lowest BCUT2D eigenvalue weighted by molar-refractivity contribution is 0.0955. The van der Waals surface area contributed by atoms with Gasteiger partial charge < -0.3 is 4.57 Å². The number of rotatable bonds is 4. The Morgan fingerprint density at radius 3 is 2.50 bits per heavy atom. The van der Waals surface area contributed by atoms with E-state index in [0.29, 0.717) is 10.6 Å². The van der Waals surface area contributed by atoms with E-state index in [2.05, 4.69) is 15.1 Å². The van der Waals surface area contributed by atoms with Gasteiger partial charge in [0.05, 0.1) is 16.8 Å². The molecule has 26 heavy (non-hydrogen) atoms. The molecular weight excluding hydrogens is 369 g/mol. The second-order valence-corrected chi connectivity index (χ2v) is 6.66. The fraction of sp³-hybridized carbons (Fsp3) is 0.100. The zero-order valence-electron chi connectivity index (χ0n) is 14.3. The van der Waals surface area contributed by atoms with Crippen LogP contribution in [0.2, 0.25) is 10.0 Å². The topological polar surface area (TPSA) is 46.4 Å². The van der Waals surface area contributed by atoms with E-state index in [1.165, 1.54) is 6.07 Å². The van der Waals surface area contributed by atoms with Crippen molar-refractivity contribution >= 4 is 35.3 Å². The molecule has 3 aromatic rings. The van der Waals surface area contributed by atoms with Gasteiger partial charge in [0.15, 0.2) is 0 Å². The molecule has 4 nitrogen and oxygen atoms in total. The highest BCUT2D eigenvalue weighted by Gasteiger charge is 2.11. The largest absolute Gasteiger partial charge is 0.318 e. The molecule has 0 radical (unpaired) electrons. The highest BCUT2D eigenvalue weighted by Crippen LogP contribution is 2.21. The number of benzene rings is 2. The lowest BCUT2D eigenvalue weighted by atomic mass is 10.2. The van der Waals surface area contributed by atoms with Crippen LogP contribution in [0.25, 0.3) is 5.69 Å². The van der Waals surface area contributed by atoms with E-state index in [-0.39, 0.29) is 10.9 Å². The quantitative estimate of drug-likeness (QED) is 0.488. The summed E-state index contributed by atoms with van der Waals surface area (Å²) in [4.78, 5) is 12.2. The Bertz CT molecular complexity index is 978. The number of halogens is 2. The van der Waals surface area contributed by atoms with Crippen LogP contribution >= 0.6 is 23.2 Å². The number of carbonyl (C=O) groups is 1. The molecule has 0 aliphatic carbocycles. The molecule has 0 aliphatic heterocycles. The molecule has 1 N–H and O–H groups in total. The molecule has 3 rings (SSSR count). The summed E-state index contributed by atoms with van der Waals surface area (Å²) in [5, 5.41) is 4.82. The Morgan fingerprint density at radius 1 is 1.08 bits per heavy atom. The molecule has 0 saturated carbocycles. The predicted octanol–water partition coefficient (Wildman–Crippen LogP) is 5.16. The van der Waals surface area contributed by atoms with Crippen LogP contribution in [0.5, 0.6) is 0 Å². The fourth-order valence-electron chi connectivity index (χ4n) is 2.79. The summed E-state index contributed by atoms with van der Waals surface area (Å²) in [7, 11) is 0. The van der Waals surface area contributed by atoms with E-state index in [4.69, 9.17) is 23.2 Å². The minimum absolute atomic E-state index is 0.285. The third-order valence-electron chi connectivity index (χ3n) is 4.03. The third-order valence-corrected chi connectivity index (χ3v) is 4.58. The molecule has 0 bridgehead atoms. The monoisotopic (exact) mass is 385 g/mol. The molecule has 0 aliphatic rings. The van der Waals surface area contributed by atoms with Crippen molar-refractivity contribution in [2.45, 2.75) is 13.8 Å². The maximum Gasteiger partial charge on any atom is 0.272 e. The van der Waals surface area contributed by atoms with Gasteiger partial charge in [-0.05, 0) is 50.2 Å². The van der Waals surface area contributed by atoms with E-state index >= 15 is 0 Å². The van der Waals surface area contributed by atoms with Crippen molar-refractivity contribution in [2.75, 3.05) is 0 Å². The van der Waals surface area contributed by atoms with Crippen LogP contribution in [-0.4, -0.2) is 16.7 Å². The average molecular weight is 386 g/mol. The molecule has 0 spiro atoms. The van der Waals surface area contributed by atoms with Gasteiger partial charge in [-0.1, -0.05) is 41.4 Å². The summed E-state index contributed by atoms with van der Waals surface area (Å²) in [6.45, 7) is 4.04. The van der Waals surface area contributed by atoms with Crippen LogP contribution in [0.4, 0.5) is 0 Å². The minimum Gasteiger partial charge on any atom is -0.318 e. The standard InChI is InChI=1S/C20H17Cl2N3O/c1-13-10-15(14(2)25(13)17-6-4-3-5-7-17)12-23-24-20(26)18-9-8-16(21)11-19(18)22/h3-12H,1-2H3,(H,24,26)/b23-12+. The number of nitrogens with zero attached hydrogens (tertiary/aromatic N) is 2. The van der Waals surface area contributed by atoms with Gasteiger partial charge in [0.2, 0.25) is 0 Å². The Hall–Kier alpha value is -2.56. The van der Waals surface area contributed by atoms with Crippen molar-refractivity contribution in [1.82, 2.24) is 9.99 Å². The van der Waals surface area contributed by atoms with Crippen LogP contribution in [-0.2, 0) is 0 Å². The molecule has 132 valence electrons. The average Bonchev–Trinajstić information content (AvgIpc) is 2.89. The highest BCUT2D eigenvalue weighted by molar-refractivity contribution is 6.36. The van der Waals surface area contributed by atoms with Gasteiger partial charge in [0.1, 0.15) is 0 Å². The number of aromatic nitrogens is 1. The molecule has 0 unspecified atom stereocenters. The van der Waals surface area contributed by atoms with Crippen LogP contribution in [0.1, 0.15) is 27.3 Å². The number of amides is 1. The number of nitrogens with one attached hydrogen (secondary N) is 1. The van der Waals surface area contributed by atoms with E-state index in [9.17, 15) is 4.79 Å². The van der Waals surface area contributed by atoms with Crippen LogP contribution in [0, 0.1) is 13.8 Å². The maximum atomic E-state index is 12.2. The summed E-state index contributed by atoms with van der Waals surface area (Å²) >= 11 is 11.9.